The highest BCUT2D eigenvalue weighted by Gasteiger charge is 2.35. The van der Waals surface area contributed by atoms with Crippen molar-refractivity contribution in [1.29, 1.82) is 0 Å². The number of benzene rings is 1. The second kappa shape index (κ2) is 4.79. The normalized spacial score (nSPS) is 29.3. The topological polar surface area (TPSA) is 29.5 Å². The Morgan fingerprint density at radius 2 is 1.88 bits per heavy atom. The van der Waals surface area contributed by atoms with Gasteiger partial charge in [-0.2, -0.15) is 0 Å². The Morgan fingerprint density at radius 1 is 1.24 bits per heavy atom. The molecule has 0 saturated heterocycles. The number of hydrogen-bond donors (Lipinski definition) is 1. The van der Waals surface area contributed by atoms with Gasteiger partial charge < -0.3 is 9.84 Å². The number of rotatable bonds is 2. The van der Waals surface area contributed by atoms with Gasteiger partial charge in [-0.1, -0.05) is 23.8 Å². The standard InChI is InChI=1S/C15H22O2/c1-11-4-5-12(2)14(10-11)15(16)8-6-13(17-3)7-9-15/h4-5,10,13,16H,6-9H2,1-3H3. The van der Waals surface area contributed by atoms with Gasteiger partial charge in [-0.15, -0.1) is 0 Å². The molecule has 1 N–H and O–H groups in total. The minimum atomic E-state index is -0.648. The Balaban J connectivity index is 2.24. The number of aryl methyl sites for hydroxylation is 2. The summed E-state index contributed by atoms with van der Waals surface area (Å²) in [4.78, 5) is 0. The first kappa shape index (κ1) is 12.6. The molecule has 2 heteroatoms. The van der Waals surface area contributed by atoms with Crippen LogP contribution in [0.1, 0.15) is 42.4 Å². The van der Waals surface area contributed by atoms with E-state index < -0.39 is 5.60 Å². The van der Waals surface area contributed by atoms with Crippen LogP contribution in [0.5, 0.6) is 0 Å². The third kappa shape index (κ3) is 2.53. The Kier molecular flexibility index (Phi) is 3.55. The fraction of sp³-hybridized carbons (Fsp3) is 0.600. The fourth-order valence-corrected chi connectivity index (χ4v) is 2.81. The van der Waals surface area contributed by atoms with Gasteiger partial charge >= 0.3 is 0 Å². The zero-order chi connectivity index (χ0) is 12.5. The van der Waals surface area contributed by atoms with E-state index in [4.69, 9.17) is 4.74 Å². The largest absolute Gasteiger partial charge is 0.385 e. The van der Waals surface area contributed by atoms with Gasteiger partial charge in [-0.25, -0.2) is 0 Å². The molecule has 0 bridgehead atoms. The predicted molar refractivity (Wildman–Crippen MR) is 69.1 cm³/mol. The highest BCUT2D eigenvalue weighted by Crippen LogP contribution is 2.39. The summed E-state index contributed by atoms with van der Waals surface area (Å²) < 4.78 is 5.36. The third-order valence-corrected chi connectivity index (χ3v) is 3.99. The molecule has 1 aliphatic rings. The van der Waals surface area contributed by atoms with Gasteiger partial charge in [0.2, 0.25) is 0 Å². The highest BCUT2D eigenvalue weighted by molar-refractivity contribution is 5.35. The van der Waals surface area contributed by atoms with Crippen molar-refractivity contribution in [2.75, 3.05) is 7.11 Å². The molecule has 0 atom stereocenters. The minimum absolute atomic E-state index is 0.320. The maximum atomic E-state index is 10.8. The van der Waals surface area contributed by atoms with Crippen LogP contribution in [0.4, 0.5) is 0 Å². The van der Waals surface area contributed by atoms with Gasteiger partial charge in [0.15, 0.2) is 0 Å². The van der Waals surface area contributed by atoms with Gasteiger partial charge in [-0.05, 0) is 50.7 Å². The van der Waals surface area contributed by atoms with Crippen molar-refractivity contribution in [2.45, 2.75) is 51.2 Å². The van der Waals surface area contributed by atoms with Crippen molar-refractivity contribution in [3.63, 3.8) is 0 Å². The molecule has 1 fully saturated rings. The Bertz CT molecular complexity index is 390. The Morgan fingerprint density at radius 3 is 2.47 bits per heavy atom. The molecule has 0 heterocycles. The minimum Gasteiger partial charge on any atom is -0.385 e. The molecule has 2 rings (SSSR count). The summed E-state index contributed by atoms with van der Waals surface area (Å²) in [5, 5.41) is 10.8. The van der Waals surface area contributed by atoms with E-state index in [-0.39, 0.29) is 0 Å². The molecule has 0 aromatic heterocycles. The van der Waals surface area contributed by atoms with Crippen molar-refractivity contribution in [1.82, 2.24) is 0 Å². The van der Waals surface area contributed by atoms with E-state index in [9.17, 15) is 5.11 Å². The van der Waals surface area contributed by atoms with Gasteiger partial charge in [0, 0.05) is 7.11 Å². The van der Waals surface area contributed by atoms with Crippen LogP contribution in [0.2, 0.25) is 0 Å². The Hall–Kier alpha value is -0.860. The molecule has 0 spiro atoms. The first-order chi connectivity index (χ1) is 8.05. The summed E-state index contributed by atoms with van der Waals surface area (Å²) in [6.45, 7) is 4.15. The zero-order valence-electron chi connectivity index (χ0n) is 11.0. The highest BCUT2D eigenvalue weighted by atomic mass is 16.5. The van der Waals surface area contributed by atoms with Gasteiger partial charge in [0.25, 0.3) is 0 Å². The zero-order valence-corrected chi connectivity index (χ0v) is 11.0. The number of methoxy groups -OCH3 is 1. The molecular weight excluding hydrogens is 212 g/mol. The first-order valence-corrected chi connectivity index (χ1v) is 6.38. The first-order valence-electron chi connectivity index (χ1n) is 6.38. The molecular formula is C15H22O2. The van der Waals surface area contributed by atoms with Crippen molar-refractivity contribution in [3.05, 3.63) is 34.9 Å². The molecule has 1 aromatic carbocycles. The molecule has 1 saturated carbocycles. The maximum absolute atomic E-state index is 10.8. The second-order valence-electron chi connectivity index (χ2n) is 5.29. The molecule has 0 aliphatic heterocycles. The van der Waals surface area contributed by atoms with E-state index in [1.54, 1.807) is 7.11 Å². The molecule has 1 aromatic rings. The van der Waals surface area contributed by atoms with Crippen LogP contribution >= 0.6 is 0 Å². The number of hydrogen-bond acceptors (Lipinski definition) is 2. The summed E-state index contributed by atoms with van der Waals surface area (Å²) in [6.07, 6.45) is 3.81. The fourth-order valence-electron chi connectivity index (χ4n) is 2.81. The lowest BCUT2D eigenvalue weighted by Crippen LogP contribution is -2.34. The average Bonchev–Trinajstić information content (AvgIpc) is 2.33. The second-order valence-corrected chi connectivity index (χ2v) is 5.29. The van der Waals surface area contributed by atoms with Crippen LogP contribution in [-0.4, -0.2) is 18.3 Å². The lowest BCUT2D eigenvalue weighted by atomic mass is 9.76. The van der Waals surface area contributed by atoms with Crippen LogP contribution in [0.3, 0.4) is 0 Å². The lowest BCUT2D eigenvalue weighted by Gasteiger charge is -2.37. The quantitative estimate of drug-likeness (QED) is 0.852. The summed E-state index contributed by atoms with van der Waals surface area (Å²) in [5.41, 5.74) is 2.86. The molecule has 0 unspecified atom stereocenters. The van der Waals surface area contributed by atoms with Crippen LogP contribution in [0, 0.1) is 13.8 Å². The van der Waals surface area contributed by atoms with E-state index in [0.29, 0.717) is 6.10 Å². The van der Waals surface area contributed by atoms with Crippen molar-refractivity contribution in [3.8, 4) is 0 Å². The average molecular weight is 234 g/mol. The summed E-state index contributed by atoms with van der Waals surface area (Å²) in [5.74, 6) is 0. The van der Waals surface area contributed by atoms with E-state index >= 15 is 0 Å². The number of aliphatic hydroxyl groups is 1. The van der Waals surface area contributed by atoms with Gasteiger partial charge in [-0.3, -0.25) is 0 Å². The van der Waals surface area contributed by atoms with Crippen molar-refractivity contribution in [2.24, 2.45) is 0 Å². The molecule has 17 heavy (non-hydrogen) atoms. The maximum Gasteiger partial charge on any atom is 0.0901 e. The van der Waals surface area contributed by atoms with Crippen molar-refractivity contribution >= 4 is 0 Å². The molecule has 1 aliphatic carbocycles. The van der Waals surface area contributed by atoms with Crippen LogP contribution < -0.4 is 0 Å². The Labute approximate surface area is 104 Å². The van der Waals surface area contributed by atoms with Crippen LogP contribution in [0.25, 0.3) is 0 Å². The van der Waals surface area contributed by atoms with E-state index in [0.717, 1.165) is 31.2 Å². The lowest BCUT2D eigenvalue weighted by molar-refractivity contribution is -0.0478. The molecule has 2 nitrogen and oxygen atoms in total. The van der Waals surface area contributed by atoms with Gasteiger partial charge in [0.1, 0.15) is 0 Å². The molecule has 0 radical (unpaired) electrons. The van der Waals surface area contributed by atoms with E-state index in [1.165, 1.54) is 11.1 Å². The monoisotopic (exact) mass is 234 g/mol. The van der Waals surface area contributed by atoms with Crippen LogP contribution in [0.15, 0.2) is 18.2 Å². The van der Waals surface area contributed by atoms with E-state index in [2.05, 4.69) is 32.0 Å². The summed E-state index contributed by atoms with van der Waals surface area (Å²) in [6, 6.07) is 6.33. The third-order valence-electron chi connectivity index (χ3n) is 3.99. The summed E-state index contributed by atoms with van der Waals surface area (Å²) in [7, 11) is 1.76. The predicted octanol–water partition coefficient (Wildman–Crippen LogP) is 3.08. The smallest absolute Gasteiger partial charge is 0.0901 e. The summed E-state index contributed by atoms with van der Waals surface area (Å²) >= 11 is 0. The van der Waals surface area contributed by atoms with Gasteiger partial charge in [0.05, 0.1) is 11.7 Å². The number of ether oxygens (including phenoxy) is 1. The molecule has 0 amide bonds. The van der Waals surface area contributed by atoms with Crippen LogP contribution in [-0.2, 0) is 10.3 Å². The SMILES string of the molecule is COC1CCC(O)(c2cc(C)ccc2C)CC1. The van der Waals surface area contributed by atoms with Crippen molar-refractivity contribution < 1.29 is 9.84 Å². The van der Waals surface area contributed by atoms with E-state index in [1.807, 2.05) is 0 Å². The molecule has 94 valence electrons.